The molecule has 6 heteroatoms. The van der Waals surface area contributed by atoms with E-state index in [1.54, 1.807) is 11.3 Å². The number of aromatic nitrogens is 3. The van der Waals surface area contributed by atoms with Gasteiger partial charge in [-0.3, -0.25) is 0 Å². The zero-order valence-corrected chi connectivity index (χ0v) is 10.2. The van der Waals surface area contributed by atoms with E-state index in [-0.39, 0.29) is 6.04 Å². The molecule has 1 atom stereocenters. The standard InChI is InChI=1S/C9H12N4S2/c1-6-5-14-9(12-6)3-7(10-2)8-4-11-13-15-8/h4-5,7,10H,3H2,1-2H3. The maximum atomic E-state index is 4.45. The van der Waals surface area contributed by atoms with Gasteiger partial charge in [-0.05, 0) is 25.5 Å². The van der Waals surface area contributed by atoms with Crippen molar-refractivity contribution in [1.29, 1.82) is 0 Å². The van der Waals surface area contributed by atoms with Gasteiger partial charge in [0.15, 0.2) is 0 Å². The van der Waals surface area contributed by atoms with Crippen LogP contribution < -0.4 is 5.32 Å². The zero-order chi connectivity index (χ0) is 10.7. The molecule has 2 heterocycles. The van der Waals surface area contributed by atoms with E-state index in [0.717, 1.165) is 22.0 Å². The molecule has 15 heavy (non-hydrogen) atoms. The predicted molar refractivity (Wildman–Crippen MR) is 62.3 cm³/mol. The first-order valence-corrected chi connectivity index (χ1v) is 6.30. The summed E-state index contributed by atoms with van der Waals surface area (Å²) in [6.45, 7) is 2.02. The molecule has 4 nitrogen and oxygen atoms in total. The summed E-state index contributed by atoms with van der Waals surface area (Å²) in [6.07, 6.45) is 2.71. The van der Waals surface area contributed by atoms with Crippen molar-refractivity contribution in [2.24, 2.45) is 0 Å². The maximum Gasteiger partial charge on any atom is 0.0947 e. The van der Waals surface area contributed by atoms with E-state index in [4.69, 9.17) is 0 Å². The van der Waals surface area contributed by atoms with Crippen LogP contribution >= 0.6 is 22.9 Å². The van der Waals surface area contributed by atoms with Crippen LogP contribution in [0.2, 0.25) is 0 Å². The van der Waals surface area contributed by atoms with E-state index >= 15 is 0 Å². The summed E-state index contributed by atoms with van der Waals surface area (Å²) in [5.74, 6) is 0. The van der Waals surface area contributed by atoms with Gasteiger partial charge >= 0.3 is 0 Å². The number of rotatable bonds is 4. The van der Waals surface area contributed by atoms with Crippen LogP contribution in [0, 0.1) is 6.92 Å². The number of thiazole rings is 1. The number of nitrogens with zero attached hydrogens (tertiary/aromatic N) is 3. The smallest absolute Gasteiger partial charge is 0.0947 e. The van der Waals surface area contributed by atoms with Crippen LogP contribution in [0.3, 0.4) is 0 Å². The van der Waals surface area contributed by atoms with Crippen molar-refractivity contribution in [3.8, 4) is 0 Å². The lowest BCUT2D eigenvalue weighted by Crippen LogP contribution is -2.17. The molecule has 0 saturated carbocycles. The molecular weight excluding hydrogens is 228 g/mol. The fraction of sp³-hybridized carbons (Fsp3) is 0.444. The molecule has 0 spiro atoms. The summed E-state index contributed by atoms with van der Waals surface area (Å²) in [4.78, 5) is 5.61. The minimum absolute atomic E-state index is 0.274. The van der Waals surface area contributed by atoms with E-state index in [1.807, 2.05) is 20.2 Å². The number of hydrogen-bond acceptors (Lipinski definition) is 6. The third kappa shape index (κ3) is 2.58. The van der Waals surface area contributed by atoms with Crippen molar-refractivity contribution in [1.82, 2.24) is 19.9 Å². The van der Waals surface area contributed by atoms with Gasteiger partial charge in [-0.15, -0.1) is 16.4 Å². The second-order valence-electron chi connectivity index (χ2n) is 3.25. The van der Waals surface area contributed by atoms with Crippen LogP contribution in [0.4, 0.5) is 0 Å². The second kappa shape index (κ2) is 4.78. The van der Waals surface area contributed by atoms with Gasteiger partial charge in [0, 0.05) is 17.5 Å². The summed E-state index contributed by atoms with van der Waals surface area (Å²) in [6, 6.07) is 0.274. The van der Waals surface area contributed by atoms with Crippen LogP contribution in [0.15, 0.2) is 11.6 Å². The SMILES string of the molecule is CNC(Cc1nc(C)cs1)c1cnns1. The van der Waals surface area contributed by atoms with Crippen LogP contribution in [-0.2, 0) is 6.42 Å². The third-order valence-electron chi connectivity index (χ3n) is 2.12. The molecule has 2 aromatic rings. The Morgan fingerprint density at radius 3 is 2.93 bits per heavy atom. The number of nitrogens with one attached hydrogen (secondary N) is 1. The quantitative estimate of drug-likeness (QED) is 0.885. The van der Waals surface area contributed by atoms with Gasteiger partial charge in [0.25, 0.3) is 0 Å². The van der Waals surface area contributed by atoms with Gasteiger partial charge in [0.1, 0.15) is 0 Å². The Balaban J connectivity index is 2.09. The maximum absolute atomic E-state index is 4.45. The van der Waals surface area contributed by atoms with E-state index in [1.165, 1.54) is 11.5 Å². The Morgan fingerprint density at radius 1 is 1.53 bits per heavy atom. The molecular formula is C9H12N4S2. The fourth-order valence-corrected chi connectivity index (χ4v) is 2.77. The molecule has 0 saturated heterocycles. The minimum atomic E-state index is 0.274. The molecule has 0 aliphatic rings. The topological polar surface area (TPSA) is 50.7 Å². The number of likely N-dealkylation sites (N-methyl/N-ethyl adjacent to an activating group) is 1. The Kier molecular flexibility index (Phi) is 3.40. The lowest BCUT2D eigenvalue weighted by molar-refractivity contribution is 0.599. The van der Waals surface area contributed by atoms with Crippen molar-refractivity contribution in [3.05, 3.63) is 27.2 Å². The van der Waals surface area contributed by atoms with Crippen molar-refractivity contribution < 1.29 is 0 Å². The average Bonchev–Trinajstić information content (AvgIpc) is 2.85. The summed E-state index contributed by atoms with van der Waals surface area (Å²) in [5.41, 5.74) is 1.09. The molecule has 2 rings (SSSR count). The average molecular weight is 240 g/mol. The Bertz CT molecular complexity index is 409. The number of aryl methyl sites for hydroxylation is 1. The minimum Gasteiger partial charge on any atom is -0.312 e. The highest BCUT2D eigenvalue weighted by atomic mass is 32.1. The van der Waals surface area contributed by atoms with E-state index in [2.05, 4.69) is 25.3 Å². The molecule has 0 bridgehead atoms. The van der Waals surface area contributed by atoms with E-state index in [0.29, 0.717) is 0 Å². The van der Waals surface area contributed by atoms with E-state index < -0.39 is 0 Å². The van der Waals surface area contributed by atoms with Gasteiger partial charge < -0.3 is 5.32 Å². The highest BCUT2D eigenvalue weighted by Gasteiger charge is 2.14. The molecule has 1 unspecified atom stereocenters. The fourth-order valence-electron chi connectivity index (χ4n) is 1.34. The van der Waals surface area contributed by atoms with Crippen molar-refractivity contribution in [3.63, 3.8) is 0 Å². The zero-order valence-electron chi connectivity index (χ0n) is 8.60. The largest absolute Gasteiger partial charge is 0.312 e. The van der Waals surface area contributed by atoms with Gasteiger partial charge in [0.2, 0.25) is 0 Å². The Morgan fingerprint density at radius 2 is 2.40 bits per heavy atom. The first-order chi connectivity index (χ1) is 7.29. The normalized spacial score (nSPS) is 12.9. The van der Waals surface area contributed by atoms with Crippen molar-refractivity contribution in [2.45, 2.75) is 19.4 Å². The Labute approximate surface area is 96.5 Å². The lowest BCUT2D eigenvalue weighted by atomic mass is 10.2. The van der Waals surface area contributed by atoms with Gasteiger partial charge in [-0.1, -0.05) is 4.49 Å². The van der Waals surface area contributed by atoms with Crippen LogP contribution in [-0.4, -0.2) is 21.6 Å². The van der Waals surface area contributed by atoms with Crippen LogP contribution in [0.1, 0.15) is 21.6 Å². The molecule has 0 aromatic carbocycles. The first-order valence-electron chi connectivity index (χ1n) is 4.65. The first kappa shape index (κ1) is 10.7. The monoisotopic (exact) mass is 240 g/mol. The van der Waals surface area contributed by atoms with Gasteiger partial charge in [0.05, 0.1) is 22.1 Å². The van der Waals surface area contributed by atoms with Crippen LogP contribution in [0.5, 0.6) is 0 Å². The summed E-state index contributed by atoms with van der Waals surface area (Å²) in [7, 11) is 1.95. The summed E-state index contributed by atoms with van der Waals surface area (Å²) >= 11 is 3.14. The lowest BCUT2D eigenvalue weighted by Gasteiger charge is -2.10. The second-order valence-corrected chi connectivity index (χ2v) is 5.01. The molecule has 0 amide bonds. The molecule has 80 valence electrons. The molecule has 0 fully saturated rings. The summed E-state index contributed by atoms with van der Waals surface area (Å²) in [5, 5.41) is 10.3. The predicted octanol–water partition coefficient (Wildman–Crippen LogP) is 1.81. The molecule has 2 aromatic heterocycles. The highest BCUT2D eigenvalue weighted by molar-refractivity contribution is 7.09. The molecule has 0 aliphatic carbocycles. The summed E-state index contributed by atoms with van der Waals surface area (Å²) < 4.78 is 3.87. The van der Waals surface area contributed by atoms with Crippen molar-refractivity contribution in [2.75, 3.05) is 7.05 Å². The molecule has 0 radical (unpaired) electrons. The van der Waals surface area contributed by atoms with Gasteiger partial charge in [-0.25, -0.2) is 4.98 Å². The van der Waals surface area contributed by atoms with Gasteiger partial charge in [-0.2, -0.15) is 0 Å². The third-order valence-corrected chi connectivity index (χ3v) is 3.88. The molecule has 1 N–H and O–H groups in total. The Hall–Kier alpha value is -0.850. The van der Waals surface area contributed by atoms with Crippen molar-refractivity contribution >= 4 is 22.9 Å². The van der Waals surface area contributed by atoms with Crippen LogP contribution in [0.25, 0.3) is 0 Å². The molecule has 0 aliphatic heterocycles. The number of hydrogen-bond donors (Lipinski definition) is 1. The van der Waals surface area contributed by atoms with E-state index in [9.17, 15) is 0 Å². The highest BCUT2D eigenvalue weighted by Crippen LogP contribution is 2.21.